The maximum Gasteiger partial charge on any atom is 0.331 e. The highest BCUT2D eigenvalue weighted by Gasteiger charge is 2.11. The van der Waals surface area contributed by atoms with Gasteiger partial charge in [-0.05, 0) is 30.2 Å². The lowest BCUT2D eigenvalue weighted by molar-refractivity contribution is -0.132. The molecule has 0 aliphatic rings. The van der Waals surface area contributed by atoms with E-state index in [4.69, 9.17) is 4.74 Å². The Kier molecular flexibility index (Phi) is 4.95. The number of benzene rings is 1. The van der Waals surface area contributed by atoms with E-state index < -0.39 is 5.97 Å². The van der Waals surface area contributed by atoms with E-state index in [1.165, 1.54) is 23.8 Å². The fourth-order valence-corrected chi connectivity index (χ4v) is 2.40. The largest absolute Gasteiger partial charge is 0.497 e. The minimum atomic E-state index is -1.02. The molecule has 0 spiro atoms. The van der Waals surface area contributed by atoms with E-state index in [2.05, 4.69) is 0 Å². The lowest BCUT2D eigenvalue weighted by Gasteiger charge is -2.11. The molecule has 23 heavy (non-hydrogen) atoms. The van der Waals surface area contributed by atoms with Crippen molar-refractivity contribution in [3.63, 3.8) is 0 Å². The Morgan fingerprint density at radius 1 is 1.35 bits per heavy atom. The first-order valence-corrected chi connectivity index (χ1v) is 7.11. The predicted octanol–water partition coefficient (Wildman–Crippen LogP) is 2.09. The fourth-order valence-electron chi connectivity index (χ4n) is 2.40. The monoisotopic (exact) mass is 315 g/mol. The molecule has 0 unspecified atom stereocenters. The van der Waals surface area contributed by atoms with Gasteiger partial charge in [-0.1, -0.05) is 6.92 Å². The molecule has 0 aliphatic heterocycles. The van der Waals surface area contributed by atoms with Crippen LogP contribution in [-0.4, -0.2) is 29.0 Å². The van der Waals surface area contributed by atoms with Gasteiger partial charge in [-0.15, -0.1) is 0 Å². The zero-order valence-electron chi connectivity index (χ0n) is 12.9. The van der Waals surface area contributed by atoms with Gasteiger partial charge in [0.05, 0.1) is 19.2 Å². The van der Waals surface area contributed by atoms with Gasteiger partial charge in [0.2, 0.25) is 0 Å². The van der Waals surface area contributed by atoms with Gasteiger partial charge in [-0.3, -0.25) is 4.79 Å². The molecule has 0 aliphatic carbocycles. The second-order valence-electron chi connectivity index (χ2n) is 4.93. The molecule has 6 nitrogen and oxygen atoms in total. The number of hydrogen-bond acceptors (Lipinski definition) is 4. The van der Waals surface area contributed by atoms with Gasteiger partial charge in [0.25, 0.3) is 5.56 Å². The highest BCUT2D eigenvalue weighted by atomic mass is 16.5. The standard InChI is InChI=1S/C17H17NO5/c1-3-11(17(21)22)8-12-9-16(20)18(6-7-19)15-10-13(23-2)4-5-14(12)15/h4-5,7-10H,3,6H2,1-2H3,(H,21,22). The van der Waals surface area contributed by atoms with Crippen LogP contribution in [0.15, 0.2) is 34.6 Å². The van der Waals surface area contributed by atoms with E-state index in [1.807, 2.05) is 0 Å². The Labute approximate surface area is 132 Å². The number of carboxylic acids is 1. The van der Waals surface area contributed by atoms with Crippen LogP contribution in [0.1, 0.15) is 18.9 Å². The quantitative estimate of drug-likeness (QED) is 0.651. The molecule has 0 fully saturated rings. The Hall–Kier alpha value is -2.89. The van der Waals surface area contributed by atoms with E-state index in [9.17, 15) is 19.5 Å². The van der Waals surface area contributed by atoms with Crippen molar-refractivity contribution in [2.24, 2.45) is 0 Å². The number of rotatable bonds is 6. The molecule has 2 rings (SSSR count). The summed E-state index contributed by atoms with van der Waals surface area (Å²) in [6.45, 7) is 1.66. The summed E-state index contributed by atoms with van der Waals surface area (Å²) in [7, 11) is 1.51. The third-order valence-corrected chi connectivity index (χ3v) is 3.59. The van der Waals surface area contributed by atoms with Gasteiger partial charge in [0.1, 0.15) is 12.0 Å². The average Bonchev–Trinajstić information content (AvgIpc) is 2.54. The van der Waals surface area contributed by atoms with E-state index in [0.29, 0.717) is 34.9 Å². The van der Waals surface area contributed by atoms with Crippen LogP contribution in [0.4, 0.5) is 0 Å². The van der Waals surface area contributed by atoms with Crippen molar-refractivity contribution in [3.8, 4) is 5.75 Å². The summed E-state index contributed by atoms with van der Waals surface area (Å²) in [5.41, 5.74) is 0.865. The highest BCUT2D eigenvalue weighted by molar-refractivity contribution is 5.97. The first-order chi connectivity index (χ1) is 11.0. The summed E-state index contributed by atoms with van der Waals surface area (Å²) in [5.74, 6) is -0.474. The minimum absolute atomic E-state index is 0.0773. The summed E-state index contributed by atoms with van der Waals surface area (Å²) in [6.07, 6.45) is 2.47. The molecule has 0 atom stereocenters. The molecular weight excluding hydrogens is 298 g/mol. The number of ether oxygens (including phenoxy) is 1. The molecule has 0 radical (unpaired) electrons. The Morgan fingerprint density at radius 2 is 2.09 bits per heavy atom. The first kappa shape index (κ1) is 16.5. The lowest BCUT2D eigenvalue weighted by atomic mass is 10.0. The topological polar surface area (TPSA) is 85.6 Å². The molecule has 0 bridgehead atoms. The van der Waals surface area contributed by atoms with Crippen molar-refractivity contribution in [1.29, 1.82) is 0 Å². The number of nitrogens with zero attached hydrogens (tertiary/aromatic N) is 1. The number of carboxylic acid groups (broad SMARTS) is 1. The Bertz CT molecular complexity index is 848. The van der Waals surface area contributed by atoms with Crippen molar-refractivity contribution >= 4 is 29.2 Å². The molecule has 120 valence electrons. The van der Waals surface area contributed by atoms with Crippen molar-refractivity contribution in [3.05, 3.63) is 45.8 Å². The van der Waals surface area contributed by atoms with Gasteiger partial charge >= 0.3 is 5.97 Å². The van der Waals surface area contributed by atoms with E-state index in [0.717, 1.165) is 0 Å². The predicted molar refractivity (Wildman–Crippen MR) is 86.7 cm³/mol. The first-order valence-electron chi connectivity index (χ1n) is 7.11. The number of carbonyl (C=O) groups excluding carboxylic acids is 1. The number of aldehydes is 1. The van der Waals surface area contributed by atoms with Crippen LogP contribution in [0.2, 0.25) is 0 Å². The third-order valence-electron chi connectivity index (χ3n) is 3.59. The van der Waals surface area contributed by atoms with Gasteiger partial charge in [0.15, 0.2) is 0 Å². The second-order valence-corrected chi connectivity index (χ2v) is 4.93. The number of carbonyl (C=O) groups is 2. The molecule has 6 heteroatoms. The van der Waals surface area contributed by atoms with Crippen LogP contribution in [-0.2, 0) is 16.1 Å². The summed E-state index contributed by atoms with van der Waals surface area (Å²) in [5, 5.41) is 9.86. The molecule has 2 aromatic rings. The maximum absolute atomic E-state index is 12.3. The lowest BCUT2D eigenvalue weighted by Crippen LogP contribution is -2.21. The van der Waals surface area contributed by atoms with Crippen LogP contribution in [0.3, 0.4) is 0 Å². The number of aliphatic carboxylic acids is 1. The van der Waals surface area contributed by atoms with Crippen LogP contribution < -0.4 is 10.3 Å². The molecule has 1 N–H and O–H groups in total. The van der Waals surface area contributed by atoms with Crippen LogP contribution in [0, 0.1) is 0 Å². The summed E-state index contributed by atoms with van der Waals surface area (Å²) in [4.78, 5) is 34.3. The van der Waals surface area contributed by atoms with Crippen LogP contribution >= 0.6 is 0 Å². The number of hydrogen-bond donors (Lipinski definition) is 1. The average molecular weight is 315 g/mol. The van der Waals surface area contributed by atoms with Crippen LogP contribution in [0.5, 0.6) is 5.75 Å². The van der Waals surface area contributed by atoms with E-state index in [-0.39, 0.29) is 17.7 Å². The molecule has 0 saturated heterocycles. The molecule has 0 amide bonds. The fraction of sp³-hybridized carbons (Fsp3) is 0.235. The van der Waals surface area contributed by atoms with E-state index in [1.54, 1.807) is 25.1 Å². The molecule has 1 aromatic carbocycles. The van der Waals surface area contributed by atoms with Gasteiger partial charge in [0, 0.05) is 23.1 Å². The highest BCUT2D eigenvalue weighted by Crippen LogP contribution is 2.24. The zero-order valence-corrected chi connectivity index (χ0v) is 12.9. The van der Waals surface area contributed by atoms with Crippen molar-refractivity contribution in [2.45, 2.75) is 19.9 Å². The second kappa shape index (κ2) is 6.91. The Morgan fingerprint density at radius 3 is 2.65 bits per heavy atom. The maximum atomic E-state index is 12.3. The summed E-state index contributed by atoms with van der Waals surface area (Å²) < 4.78 is 6.49. The van der Waals surface area contributed by atoms with Crippen molar-refractivity contribution in [2.75, 3.05) is 7.11 Å². The molecule has 0 saturated carbocycles. The molecular formula is C17H17NO5. The molecule has 1 aromatic heterocycles. The van der Waals surface area contributed by atoms with Gasteiger partial charge in [-0.25, -0.2) is 4.79 Å². The van der Waals surface area contributed by atoms with Crippen molar-refractivity contribution in [1.82, 2.24) is 4.57 Å². The summed E-state index contributed by atoms with van der Waals surface area (Å²) >= 11 is 0. The summed E-state index contributed by atoms with van der Waals surface area (Å²) in [6, 6.07) is 6.47. The number of aromatic nitrogens is 1. The molecule has 1 heterocycles. The minimum Gasteiger partial charge on any atom is -0.497 e. The number of methoxy groups -OCH3 is 1. The van der Waals surface area contributed by atoms with Gasteiger partial charge < -0.3 is 19.2 Å². The smallest absolute Gasteiger partial charge is 0.331 e. The SMILES string of the molecule is CCC(=Cc1cc(=O)n(CC=O)c2cc(OC)ccc12)C(=O)O. The number of pyridine rings is 1. The van der Waals surface area contributed by atoms with Crippen LogP contribution in [0.25, 0.3) is 17.0 Å². The van der Waals surface area contributed by atoms with Gasteiger partial charge in [-0.2, -0.15) is 0 Å². The third kappa shape index (κ3) is 3.31. The number of fused-ring (bicyclic) bond motifs is 1. The zero-order chi connectivity index (χ0) is 17.0. The Balaban J connectivity index is 2.82. The normalized spacial score (nSPS) is 11.5. The van der Waals surface area contributed by atoms with Crippen molar-refractivity contribution < 1.29 is 19.4 Å². The van der Waals surface area contributed by atoms with E-state index >= 15 is 0 Å².